The Morgan fingerprint density at radius 1 is 1.42 bits per heavy atom. The Bertz CT molecular complexity index is 573. The SMILES string of the molecule is COc1ncccc1Cn1ccc(C(=O)C(C)C)c1. The third-order valence-corrected chi connectivity index (χ3v) is 2.96. The molecule has 0 unspecified atom stereocenters. The molecule has 2 rings (SSSR count). The lowest BCUT2D eigenvalue weighted by molar-refractivity contribution is 0.0939. The highest BCUT2D eigenvalue weighted by atomic mass is 16.5. The van der Waals surface area contributed by atoms with Crippen LogP contribution >= 0.6 is 0 Å². The van der Waals surface area contributed by atoms with E-state index in [1.807, 2.05) is 49.0 Å². The van der Waals surface area contributed by atoms with Crippen molar-refractivity contribution in [2.24, 2.45) is 5.92 Å². The van der Waals surface area contributed by atoms with Crippen molar-refractivity contribution in [3.05, 3.63) is 47.9 Å². The number of pyridine rings is 1. The predicted octanol–water partition coefficient (Wildman–Crippen LogP) is 2.78. The van der Waals surface area contributed by atoms with Crippen LogP contribution in [0.1, 0.15) is 29.8 Å². The number of carbonyl (C=O) groups excluding carboxylic acids is 1. The summed E-state index contributed by atoms with van der Waals surface area (Å²) in [6, 6.07) is 5.70. The van der Waals surface area contributed by atoms with Gasteiger partial charge in [-0.25, -0.2) is 4.98 Å². The Morgan fingerprint density at radius 2 is 2.21 bits per heavy atom. The number of methoxy groups -OCH3 is 1. The predicted molar refractivity (Wildman–Crippen MR) is 73.5 cm³/mol. The smallest absolute Gasteiger partial charge is 0.218 e. The summed E-state index contributed by atoms with van der Waals surface area (Å²) in [7, 11) is 1.61. The molecule has 2 heterocycles. The molecule has 0 saturated carbocycles. The molecule has 0 amide bonds. The van der Waals surface area contributed by atoms with Gasteiger partial charge in [0.05, 0.1) is 13.7 Å². The Balaban J connectivity index is 2.18. The van der Waals surface area contributed by atoms with Crippen molar-refractivity contribution in [1.29, 1.82) is 0 Å². The van der Waals surface area contributed by atoms with E-state index in [2.05, 4.69) is 4.98 Å². The summed E-state index contributed by atoms with van der Waals surface area (Å²) in [5.41, 5.74) is 1.74. The van der Waals surface area contributed by atoms with Gasteiger partial charge in [0.2, 0.25) is 5.88 Å². The van der Waals surface area contributed by atoms with Crippen LogP contribution in [0.15, 0.2) is 36.8 Å². The second-order valence-electron chi connectivity index (χ2n) is 4.76. The van der Waals surface area contributed by atoms with Crippen LogP contribution in [0.4, 0.5) is 0 Å². The van der Waals surface area contributed by atoms with E-state index < -0.39 is 0 Å². The molecule has 2 aromatic heterocycles. The first kappa shape index (κ1) is 13.3. The Kier molecular flexibility index (Phi) is 4.00. The van der Waals surface area contributed by atoms with Gasteiger partial charge in [0.15, 0.2) is 5.78 Å². The molecule has 100 valence electrons. The first-order chi connectivity index (χ1) is 9.11. The van der Waals surface area contributed by atoms with Crippen molar-refractivity contribution < 1.29 is 9.53 Å². The molecule has 0 fully saturated rings. The number of ketones is 1. The summed E-state index contributed by atoms with van der Waals surface area (Å²) >= 11 is 0. The average Bonchev–Trinajstić information content (AvgIpc) is 2.87. The minimum atomic E-state index is 0.0174. The summed E-state index contributed by atoms with van der Waals surface area (Å²) in [5.74, 6) is 0.800. The Labute approximate surface area is 113 Å². The number of rotatable bonds is 5. The van der Waals surface area contributed by atoms with E-state index in [-0.39, 0.29) is 11.7 Å². The first-order valence-electron chi connectivity index (χ1n) is 6.29. The molecule has 4 nitrogen and oxygen atoms in total. The molecular weight excluding hydrogens is 240 g/mol. The number of aromatic nitrogens is 2. The topological polar surface area (TPSA) is 44.1 Å². The van der Waals surface area contributed by atoms with Gasteiger partial charge in [-0.3, -0.25) is 4.79 Å². The highest BCUT2D eigenvalue weighted by Crippen LogP contribution is 2.16. The lowest BCUT2D eigenvalue weighted by Crippen LogP contribution is -2.06. The summed E-state index contributed by atoms with van der Waals surface area (Å²) in [4.78, 5) is 16.0. The van der Waals surface area contributed by atoms with Gasteiger partial charge in [0.25, 0.3) is 0 Å². The Hall–Kier alpha value is -2.10. The third kappa shape index (κ3) is 3.02. The lowest BCUT2D eigenvalue weighted by Gasteiger charge is -2.07. The third-order valence-electron chi connectivity index (χ3n) is 2.96. The maximum atomic E-state index is 11.9. The highest BCUT2D eigenvalue weighted by molar-refractivity contribution is 5.97. The van der Waals surface area contributed by atoms with Gasteiger partial charge in [0.1, 0.15) is 0 Å². The maximum Gasteiger partial charge on any atom is 0.218 e. The number of Topliss-reactive ketones (excluding diaryl/α,β-unsaturated/α-hetero) is 1. The fraction of sp³-hybridized carbons (Fsp3) is 0.333. The maximum absolute atomic E-state index is 11.9. The minimum absolute atomic E-state index is 0.0174. The largest absolute Gasteiger partial charge is 0.481 e. The van der Waals surface area contributed by atoms with Crippen LogP contribution in [-0.2, 0) is 6.54 Å². The molecule has 0 aliphatic heterocycles. The van der Waals surface area contributed by atoms with E-state index in [9.17, 15) is 4.79 Å². The van der Waals surface area contributed by atoms with Crippen molar-refractivity contribution in [1.82, 2.24) is 9.55 Å². The van der Waals surface area contributed by atoms with Crippen LogP contribution in [0.2, 0.25) is 0 Å². The number of hydrogen-bond acceptors (Lipinski definition) is 3. The second-order valence-corrected chi connectivity index (χ2v) is 4.76. The monoisotopic (exact) mass is 258 g/mol. The van der Waals surface area contributed by atoms with E-state index in [4.69, 9.17) is 4.74 Å². The van der Waals surface area contributed by atoms with Gasteiger partial charge in [0, 0.05) is 35.6 Å². The van der Waals surface area contributed by atoms with E-state index in [0.717, 1.165) is 11.1 Å². The molecule has 0 atom stereocenters. The fourth-order valence-electron chi connectivity index (χ4n) is 1.94. The minimum Gasteiger partial charge on any atom is -0.481 e. The molecular formula is C15H18N2O2. The zero-order chi connectivity index (χ0) is 13.8. The van der Waals surface area contributed by atoms with Gasteiger partial charge in [-0.1, -0.05) is 19.9 Å². The van der Waals surface area contributed by atoms with Crippen LogP contribution in [0.3, 0.4) is 0 Å². The number of hydrogen-bond donors (Lipinski definition) is 0. The zero-order valence-corrected chi connectivity index (χ0v) is 11.5. The van der Waals surface area contributed by atoms with Crippen LogP contribution < -0.4 is 4.74 Å². The highest BCUT2D eigenvalue weighted by Gasteiger charge is 2.12. The van der Waals surface area contributed by atoms with Gasteiger partial charge in [-0.2, -0.15) is 0 Å². The van der Waals surface area contributed by atoms with Crippen molar-refractivity contribution in [3.8, 4) is 5.88 Å². The number of nitrogens with zero attached hydrogens (tertiary/aromatic N) is 2. The molecule has 0 saturated heterocycles. The summed E-state index contributed by atoms with van der Waals surface area (Å²) < 4.78 is 7.19. The van der Waals surface area contributed by atoms with E-state index in [1.54, 1.807) is 13.3 Å². The van der Waals surface area contributed by atoms with E-state index in [0.29, 0.717) is 12.4 Å². The summed E-state index contributed by atoms with van der Waals surface area (Å²) in [6.07, 6.45) is 5.47. The lowest BCUT2D eigenvalue weighted by atomic mass is 10.0. The van der Waals surface area contributed by atoms with Crippen LogP contribution in [-0.4, -0.2) is 22.4 Å². The van der Waals surface area contributed by atoms with Crippen molar-refractivity contribution in [3.63, 3.8) is 0 Å². The van der Waals surface area contributed by atoms with Crippen LogP contribution in [0.25, 0.3) is 0 Å². The van der Waals surface area contributed by atoms with E-state index >= 15 is 0 Å². The number of ether oxygens (including phenoxy) is 1. The van der Waals surface area contributed by atoms with E-state index in [1.165, 1.54) is 0 Å². The normalized spacial score (nSPS) is 10.7. The molecule has 0 aromatic carbocycles. The Morgan fingerprint density at radius 3 is 2.89 bits per heavy atom. The van der Waals surface area contributed by atoms with Gasteiger partial charge in [-0.15, -0.1) is 0 Å². The average molecular weight is 258 g/mol. The van der Waals surface area contributed by atoms with Crippen LogP contribution in [0, 0.1) is 5.92 Å². The van der Waals surface area contributed by atoms with Gasteiger partial charge >= 0.3 is 0 Å². The van der Waals surface area contributed by atoms with Gasteiger partial charge < -0.3 is 9.30 Å². The quantitative estimate of drug-likeness (QED) is 0.775. The molecule has 0 bridgehead atoms. The molecule has 0 aliphatic rings. The van der Waals surface area contributed by atoms with Crippen molar-refractivity contribution in [2.75, 3.05) is 7.11 Å². The summed E-state index contributed by atoms with van der Waals surface area (Å²) in [6.45, 7) is 4.45. The van der Waals surface area contributed by atoms with Gasteiger partial charge in [-0.05, 0) is 12.1 Å². The molecule has 2 aromatic rings. The molecule has 0 spiro atoms. The van der Waals surface area contributed by atoms with Crippen molar-refractivity contribution >= 4 is 5.78 Å². The first-order valence-corrected chi connectivity index (χ1v) is 6.29. The van der Waals surface area contributed by atoms with Crippen molar-refractivity contribution in [2.45, 2.75) is 20.4 Å². The molecule has 0 aliphatic carbocycles. The zero-order valence-electron chi connectivity index (χ0n) is 11.5. The standard InChI is InChI=1S/C15H18N2O2/c1-11(2)14(18)12-6-8-17(9-12)10-13-5-4-7-16-15(13)19-3/h4-9,11H,10H2,1-3H3. The summed E-state index contributed by atoms with van der Waals surface area (Å²) in [5, 5.41) is 0. The molecule has 0 radical (unpaired) electrons. The second kappa shape index (κ2) is 5.69. The fourth-order valence-corrected chi connectivity index (χ4v) is 1.94. The molecule has 19 heavy (non-hydrogen) atoms. The molecule has 4 heteroatoms. The number of carbonyl (C=O) groups is 1. The van der Waals surface area contributed by atoms with Crippen LogP contribution in [0.5, 0.6) is 5.88 Å². The molecule has 0 N–H and O–H groups in total.